The summed E-state index contributed by atoms with van der Waals surface area (Å²) in [7, 11) is -3.97. The van der Waals surface area contributed by atoms with Crippen LogP contribution in [0.1, 0.15) is 5.56 Å². The van der Waals surface area contributed by atoms with Crippen LogP contribution in [0.2, 0.25) is 0 Å². The maximum atomic E-state index is 9.34. The topological polar surface area (TPSA) is 90.2 Å². The van der Waals surface area contributed by atoms with Crippen LogP contribution in [0.5, 0.6) is 5.75 Å². The second-order valence-corrected chi connectivity index (χ2v) is 5.11. The highest BCUT2D eigenvalue weighted by Crippen LogP contribution is 2.54. The highest BCUT2D eigenvalue weighted by molar-refractivity contribution is 7.60. The summed E-state index contributed by atoms with van der Waals surface area (Å²) in [5.41, 5.74) is 1.00. The third-order valence-electron chi connectivity index (χ3n) is 1.81. The molecule has 1 aromatic rings. The average Bonchev–Trinajstić information content (AvgIpc) is 2.20. The molecule has 84 valence electrons. The van der Waals surface area contributed by atoms with Gasteiger partial charge in [0, 0.05) is 0 Å². The van der Waals surface area contributed by atoms with E-state index in [2.05, 4.69) is 0 Å². The lowest BCUT2D eigenvalue weighted by Crippen LogP contribution is -2.20. The van der Waals surface area contributed by atoms with Crippen molar-refractivity contribution in [2.75, 3.05) is 6.61 Å². The van der Waals surface area contributed by atoms with E-state index in [4.69, 9.17) is 14.7 Å². The molecule has 0 spiro atoms. The second kappa shape index (κ2) is 4.88. The van der Waals surface area contributed by atoms with Crippen molar-refractivity contribution < 1.29 is 24.5 Å². The van der Waals surface area contributed by atoms with E-state index in [0.717, 1.165) is 5.56 Å². The fraction of sp³-hybridized carbons (Fsp3) is 0.333. The maximum absolute atomic E-state index is 9.34. The number of aliphatic hydroxyl groups excluding tert-OH is 2. The molecule has 1 unspecified atom stereocenters. The predicted molar refractivity (Wildman–Crippen MR) is 56.3 cm³/mol. The molecule has 0 aromatic heterocycles. The summed E-state index contributed by atoms with van der Waals surface area (Å²) >= 11 is 0. The fourth-order valence-corrected chi connectivity index (χ4v) is 1.69. The summed E-state index contributed by atoms with van der Waals surface area (Å²) in [6.45, 7) is 1.12. The number of aryl methyl sites for hydroxylation is 1. The van der Waals surface area contributed by atoms with Gasteiger partial charge in [0.2, 0.25) is 0 Å². The lowest BCUT2D eigenvalue weighted by Gasteiger charge is -2.15. The minimum absolute atomic E-state index is 0.242. The quantitative estimate of drug-likeness (QED) is 0.566. The Morgan fingerprint density at radius 3 is 2.27 bits per heavy atom. The molecule has 6 heteroatoms. The number of rotatable bonds is 4. The minimum atomic E-state index is -3.97. The van der Waals surface area contributed by atoms with Crippen molar-refractivity contribution in [1.29, 1.82) is 0 Å². The zero-order valence-electron chi connectivity index (χ0n) is 8.24. The Kier molecular flexibility index (Phi) is 4.02. The van der Waals surface area contributed by atoms with Gasteiger partial charge >= 0.3 is 7.94 Å². The number of hydrogen-bond acceptors (Lipinski definition) is 5. The molecular weight excluding hydrogens is 219 g/mol. The van der Waals surface area contributed by atoms with E-state index in [1.807, 2.05) is 6.92 Å². The Morgan fingerprint density at radius 1 is 1.27 bits per heavy atom. The SMILES string of the molecule is Cc1ccc(O[P+](O)(O)C(O)CO)cc1. The molecular formula is C9H14O5P+. The Morgan fingerprint density at radius 2 is 1.80 bits per heavy atom. The van der Waals surface area contributed by atoms with Crippen LogP contribution in [0, 0.1) is 6.92 Å². The van der Waals surface area contributed by atoms with E-state index in [1.54, 1.807) is 24.3 Å². The first kappa shape index (κ1) is 12.4. The molecule has 0 aliphatic heterocycles. The first-order valence-electron chi connectivity index (χ1n) is 4.35. The molecule has 0 saturated heterocycles. The summed E-state index contributed by atoms with van der Waals surface area (Å²) < 4.78 is 4.82. The van der Waals surface area contributed by atoms with E-state index in [-0.39, 0.29) is 5.75 Å². The average molecular weight is 233 g/mol. The molecule has 1 rings (SSSR count). The van der Waals surface area contributed by atoms with Crippen LogP contribution in [-0.2, 0) is 0 Å². The largest absolute Gasteiger partial charge is 0.484 e. The molecule has 1 aromatic carbocycles. The second-order valence-electron chi connectivity index (χ2n) is 3.16. The summed E-state index contributed by atoms with van der Waals surface area (Å²) in [5.74, 6) is -1.43. The Labute approximate surface area is 88.2 Å². The van der Waals surface area contributed by atoms with E-state index in [0.29, 0.717) is 0 Å². The van der Waals surface area contributed by atoms with Crippen LogP contribution in [0.15, 0.2) is 24.3 Å². The molecule has 0 radical (unpaired) electrons. The van der Waals surface area contributed by atoms with Crippen molar-refractivity contribution >= 4 is 7.94 Å². The Bertz CT molecular complexity index is 311. The van der Waals surface area contributed by atoms with Crippen molar-refractivity contribution in [1.82, 2.24) is 0 Å². The highest BCUT2D eigenvalue weighted by Gasteiger charge is 2.47. The van der Waals surface area contributed by atoms with Gasteiger partial charge in [-0.2, -0.15) is 9.79 Å². The van der Waals surface area contributed by atoms with Gasteiger partial charge in [-0.1, -0.05) is 17.7 Å². The van der Waals surface area contributed by atoms with Gasteiger partial charge in [-0.25, -0.2) is 0 Å². The van der Waals surface area contributed by atoms with Gasteiger partial charge in [-0.05, 0) is 19.1 Å². The fourth-order valence-electron chi connectivity index (χ4n) is 0.921. The van der Waals surface area contributed by atoms with Gasteiger partial charge in [0.15, 0.2) is 5.75 Å². The zero-order chi connectivity index (χ0) is 11.5. The van der Waals surface area contributed by atoms with Crippen molar-refractivity contribution in [2.45, 2.75) is 12.8 Å². The molecule has 4 N–H and O–H groups in total. The summed E-state index contributed by atoms with van der Waals surface area (Å²) in [6, 6.07) is 6.59. The first-order chi connectivity index (χ1) is 6.95. The van der Waals surface area contributed by atoms with Crippen LogP contribution >= 0.6 is 7.94 Å². The number of aliphatic hydroxyl groups is 2. The molecule has 0 amide bonds. The van der Waals surface area contributed by atoms with Crippen LogP contribution < -0.4 is 4.52 Å². The number of benzene rings is 1. The third-order valence-corrected chi connectivity index (χ3v) is 3.23. The molecule has 15 heavy (non-hydrogen) atoms. The van der Waals surface area contributed by atoms with Gasteiger partial charge in [0.05, 0.1) is 0 Å². The molecule has 0 aliphatic rings. The maximum Gasteiger partial charge on any atom is 0.484 e. The van der Waals surface area contributed by atoms with Gasteiger partial charge in [0.25, 0.3) is 5.85 Å². The summed E-state index contributed by atoms with van der Waals surface area (Å²) in [4.78, 5) is 18.7. The molecule has 0 fully saturated rings. The highest BCUT2D eigenvalue weighted by atomic mass is 31.2. The molecule has 0 saturated carbocycles. The van der Waals surface area contributed by atoms with Crippen LogP contribution in [0.25, 0.3) is 0 Å². The summed E-state index contributed by atoms with van der Waals surface area (Å²) in [6.07, 6.45) is 0. The van der Waals surface area contributed by atoms with E-state index >= 15 is 0 Å². The number of hydrogen-bond donors (Lipinski definition) is 4. The van der Waals surface area contributed by atoms with Crippen molar-refractivity contribution in [3.8, 4) is 5.75 Å². The monoisotopic (exact) mass is 233 g/mol. The van der Waals surface area contributed by atoms with E-state index in [9.17, 15) is 9.79 Å². The third kappa shape index (κ3) is 3.41. The van der Waals surface area contributed by atoms with Crippen molar-refractivity contribution in [2.24, 2.45) is 0 Å². The van der Waals surface area contributed by atoms with Gasteiger partial charge in [-0.15, -0.1) is 0 Å². The predicted octanol–water partition coefficient (Wildman–Crippen LogP) is 0.432. The standard InChI is InChI=1S/C9H14O5P/c1-7-2-4-8(5-3-7)14-15(12,13)9(11)6-10/h2-5,9-13H,6H2,1H3/q+1. The van der Waals surface area contributed by atoms with E-state index < -0.39 is 20.4 Å². The minimum Gasteiger partial charge on any atom is -0.389 e. The molecule has 1 atom stereocenters. The van der Waals surface area contributed by atoms with E-state index in [1.165, 1.54) is 0 Å². The molecule has 0 heterocycles. The smallest absolute Gasteiger partial charge is 0.389 e. The van der Waals surface area contributed by atoms with Crippen LogP contribution in [-0.4, -0.2) is 32.5 Å². The van der Waals surface area contributed by atoms with Crippen molar-refractivity contribution in [3.63, 3.8) is 0 Å². The summed E-state index contributed by atoms with van der Waals surface area (Å²) in [5, 5.41) is 17.6. The normalized spacial score (nSPS) is 13.7. The Hall–Kier alpha value is -0.710. The van der Waals surface area contributed by atoms with Crippen molar-refractivity contribution in [3.05, 3.63) is 29.8 Å². The molecule has 0 bridgehead atoms. The van der Waals surface area contributed by atoms with Gasteiger partial charge in [-0.3, -0.25) is 4.52 Å². The lowest BCUT2D eigenvalue weighted by atomic mass is 10.2. The molecule has 5 nitrogen and oxygen atoms in total. The lowest BCUT2D eigenvalue weighted by molar-refractivity contribution is 0.118. The van der Waals surface area contributed by atoms with Gasteiger partial charge < -0.3 is 10.2 Å². The first-order valence-corrected chi connectivity index (χ1v) is 6.03. The van der Waals surface area contributed by atoms with Crippen LogP contribution in [0.4, 0.5) is 0 Å². The van der Waals surface area contributed by atoms with Gasteiger partial charge in [0.1, 0.15) is 6.61 Å². The van der Waals surface area contributed by atoms with Crippen LogP contribution in [0.3, 0.4) is 0 Å². The zero-order valence-corrected chi connectivity index (χ0v) is 9.13. The molecule has 0 aliphatic carbocycles. The Balaban J connectivity index is 2.72.